The molecule has 3 atom stereocenters. The molecule has 1 aromatic rings. The number of nitrogens with one attached hydrogen (secondary N) is 2. The highest BCUT2D eigenvalue weighted by Crippen LogP contribution is 2.39. The molecule has 0 heterocycles. The standard InChI is InChI=1S/C29H43FN2O7/c1-17(34)29(16-33)9-7-18(8-10-29)39-25-13-21(24(38-6)14-22(25)30)27(36)32-23-12-19(37-5)11-20(23)26(35)31-15-28(2,3)4/h13-14,18-20,23,33H,7-12,15-16H2,1-6H3,(H,31,35)(H,32,36)/t18?,19-,20-,23+,29?/m0/s1. The second kappa shape index (κ2) is 12.6. The monoisotopic (exact) mass is 550 g/mol. The zero-order valence-electron chi connectivity index (χ0n) is 23.9. The minimum Gasteiger partial charge on any atom is -0.496 e. The van der Waals surface area contributed by atoms with E-state index >= 15 is 0 Å². The molecule has 3 rings (SSSR count). The molecule has 9 nitrogen and oxygen atoms in total. The van der Waals surface area contributed by atoms with Crippen molar-refractivity contribution >= 4 is 17.6 Å². The van der Waals surface area contributed by atoms with Crippen LogP contribution in [0.4, 0.5) is 4.39 Å². The molecule has 0 aliphatic heterocycles. The fraction of sp³-hybridized carbons (Fsp3) is 0.690. The molecule has 3 N–H and O–H groups in total. The van der Waals surface area contributed by atoms with Gasteiger partial charge in [-0.2, -0.15) is 0 Å². The first kappa shape index (κ1) is 30.8. The summed E-state index contributed by atoms with van der Waals surface area (Å²) in [7, 11) is 2.93. The van der Waals surface area contributed by atoms with Crippen LogP contribution >= 0.6 is 0 Å². The Balaban J connectivity index is 1.75. The van der Waals surface area contributed by atoms with Gasteiger partial charge in [0, 0.05) is 25.8 Å². The third-order valence-corrected chi connectivity index (χ3v) is 8.03. The largest absolute Gasteiger partial charge is 0.496 e. The predicted molar refractivity (Wildman–Crippen MR) is 143 cm³/mol. The maximum absolute atomic E-state index is 14.9. The van der Waals surface area contributed by atoms with Gasteiger partial charge in [-0.1, -0.05) is 20.8 Å². The SMILES string of the molecule is COc1cc(F)c(OC2CCC(CO)(C(C)=O)CC2)cc1C(=O)N[C@@H]1C[C@@H](OC)C[C@@H]1C(=O)NCC(C)(C)C. The van der Waals surface area contributed by atoms with Crippen molar-refractivity contribution in [2.45, 2.75) is 84.5 Å². The lowest BCUT2D eigenvalue weighted by Crippen LogP contribution is -2.45. The van der Waals surface area contributed by atoms with Crippen molar-refractivity contribution in [2.75, 3.05) is 27.4 Å². The number of ketones is 1. The van der Waals surface area contributed by atoms with E-state index in [9.17, 15) is 23.9 Å². The molecule has 0 spiro atoms. The number of carbonyl (C=O) groups excluding carboxylic acids is 3. The molecule has 2 aliphatic rings. The fourth-order valence-electron chi connectivity index (χ4n) is 5.40. The van der Waals surface area contributed by atoms with Crippen LogP contribution in [0.15, 0.2) is 12.1 Å². The van der Waals surface area contributed by atoms with Crippen LogP contribution in [0.1, 0.15) is 76.6 Å². The average molecular weight is 551 g/mol. The summed E-state index contributed by atoms with van der Waals surface area (Å²) in [5.74, 6) is -1.91. The summed E-state index contributed by atoms with van der Waals surface area (Å²) in [5, 5.41) is 15.7. The van der Waals surface area contributed by atoms with E-state index in [2.05, 4.69) is 10.6 Å². The lowest BCUT2D eigenvalue weighted by Gasteiger charge is -2.36. The van der Waals surface area contributed by atoms with Gasteiger partial charge in [0.05, 0.1) is 42.8 Å². The number of amides is 2. The Morgan fingerprint density at radius 1 is 1.08 bits per heavy atom. The van der Waals surface area contributed by atoms with Crippen molar-refractivity contribution in [3.8, 4) is 11.5 Å². The maximum Gasteiger partial charge on any atom is 0.255 e. The van der Waals surface area contributed by atoms with Gasteiger partial charge in [-0.25, -0.2) is 4.39 Å². The van der Waals surface area contributed by atoms with Gasteiger partial charge in [-0.15, -0.1) is 0 Å². The van der Waals surface area contributed by atoms with Crippen molar-refractivity contribution < 1.29 is 38.1 Å². The molecule has 0 radical (unpaired) electrons. The number of aliphatic hydroxyl groups excluding tert-OH is 1. The number of hydrogen-bond acceptors (Lipinski definition) is 7. The van der Waals surface area contributed by atoms with E-state index < -0.39 is 29.1 Å². The first-order chi connectivity index (χ1) is 18.3. The highest BCUT2D eigenvalue weighted by atomic mass is 19.1. The molecule has 0 aromatic heterocycles. The number of ether oxygens (including phenoxy) is 3. The topological polar surface area (TPSA) is 123 Å². The molecular weight excluding hydrogens is 507 g/mol. The third-order valence-electron chi connectivity index (χ3n) is 8.03. The summed E-state index contributed by atoms with van der Waals surface area (Å²) in [6, 6.07) is 1.96. The summed E-state index contributed by atoms with van der Waals surface area (Å²) >= 11 is 0. The van der Waals surface area contributed by atoms with Crippen LogP contribution in [0.25, 0.3) is 0 Å². The van der Waals surface area contributed by atoms with Crippen LogP contribution < -0.4 is 20.1 Å². The third kappa shape index (κ3) is 7.48. The number of benzene rings is 1. The molecule has 0 bridgehead atoms. The summed E-state index contributed by atoms with van der Waals surface area (Å²) < 4.78 is 31.7. The van der Waals surface area contributed by atoms with Gasteiger partial charge in [-0.3, -0.25) is 14.4 Å². The Morgan fingerprint density at radius 3 is 2.28 bits per heavy atom. The van der Waals surface area contributed by atoms with E-state index in [4.69, 9.17) is 14.2 Å². The van der Waals surface area contributed by atoms with Crippen LogP contribution in [0.3, 0.4) is 0 Å². The summed E-state index contributed by atoms with van der Waals surface area (Å²) in [4.78, 5) is 38.4. The molecule has 2 saturated carbocycles. The van der Waals surface area contributed by atoms with Gasteiger partial charge >= 0.3 is 0 Å². The van der Waals surface area contributed by atoms with Crippen LogP contribution in [0.5, 0.6) is 11.5 Å². The summed E-state index contributed by atoms with van der Waals surface area (Å²) in [6.07, 6.45) is 2.22. The van der Waals surface area contributed by atoms with E-state index in [0.717, 1.165) is 6.07 Å². The average Bonchev–Trinajstić information content (AvgIpc) is 3.30. The molecule has 0 saturated heterocycles. The second-order valence-corrected chi connectivity index (χ2v) is 12.1. The van der Waals surface area contributed by atoms with E-state index in [0.29, 0.717) is 45.1 Å². The van der Waals surface area contributed by atoms with E-state index in [1.54, 1.807) is 7.11 Å². The van der Waals surface area contributed by atoms with Gasteiger partial charge in [0.25, 0.3) is 5.91 Å². The number of aliphatic hydroxyl groups is 1. The molecule has 2 amide bonds. The first-order valence-corrected chi connectivity index (χ1v) is 13.6. The van der Waals surface area contributed by atoms with E-state index in [1.807, 2.05) is 20.8 Å². The number of hydrogen-bond donors (Lipinski definition) is 3. The van der Waals surface area contributed by atoms with Crippen LogP contribution in [0, 0.1) is 22.6 Å². The zero-order valence-corrected chi connectivity index (χ0v) is 23.9. The summed E-state index contributed by atoms with van der Waals surface area (Å²) in [5.41, 5.74) is -0.775. The fourth-order valence-corrected chi connectivity index (χ4v) is 5.40. The minimum absolute atomic E-state index is 0.0480. The summed E-state index contributed by atoms with van der Waals surface area (Å²) in [6.45, 7) is 7.83. The van der Waals surface area contributed by atoms with E-state index in [-0.39, 0.29) is 53.0 Å². The molecule has 39 heavy (non-hydrogen) atoms. The van der Waals surface area contributed by atoms with Crippen LogP contribution in [0.2, 0.25) is 0 Å². The van der Waals surface area contributed by atoms with Crippen molar-refractivity contribution in [1.29, 1.82) is 0 Å². The maximum atomic E-state index is 14.9. The first-order valence-electron chi connectivity index (χ1n) is 13.6. The van der Waals surface area contributed by atoms with E-state index in [1.165, 1.54) is 20.1 Å². The number of rotatable bonds is 10. The second-order valence-electron chi connectivity index (χ2n) is 12.1. The van der Waals surface area contributed by atoms with Gasteiger partial charge in [-0.05, 0) is 56.9 Å². The highest BCUT2D eigenvalue weighted by Gasteiger charge is 2.41. The number of methoxy groups -OCH3 is 2. The minimum atomic E-state index is -0.777. The number of carbonyl (C=O) groups is 3. The normalized spacial score (nSPS) is 27.1. The van der Waals surface area contributed by atoms with Crippen LogP contribution in [-0.2, 0) is 14.3 Å². The molecule has 1 aromatic carbocycles. The van der Waals surface area contributed by atoms with Crippen LogP contribution in [-0.4, -0.2) is 68.3 Å². The highest BCUT2D eigenvalue weighted by molar-refractivity contribution is 5.98. The van der Waals surface area contributed by atoms with Gasteiger partial charge in [0.2, 0.25) is 5.91 Å². The molecule has 2 fully saturated rings. The van der Waals surface area contributed by atoms with Crippen molar-refractivity contribution in [3.63, 3.8) is 0 Å². The lowest BCUT2D eigenvalue weighted by molar-refractivity contribution is -0.132. The smallest absolute Gasteiger partial charge is 0.255 e. The Bertz CT molecular complexity index is 1050. The Kier molecular flexibility index (Phi) is 9.98. The van der Waals surface area contributed by atoms with Gasteiger partial charge in [0.1, 0.15) is 11.5 Å². The van der Waals surface area contributed by atoms with Gasteiger partial charge < -0.3 is 30.0 Å². The Morgan fingerprint density at radius 2 is 1.74 bits per heavy atom. The number of Topliss-reactive ketones (excluding diaryl/α,β-unsaturated/α-hetero) is 1. The Hall–Kier alpha value is -2.72. The zero-order chi connectivity index (χ0) is 29.0. The molecule has 218 valence electrons. The van der Waals surface area contributed by atoms with Crippen molar-refractivity contribution in [2.24, 2.45) is 16.7 Å². The molecule has 2 aliphatic carbocycles. The quantitative estimate of drug-likeness (QED) is 0.408. The number of halogens is 1. The lowest BCUT2D eigenvalue weighted by atomic mass is 9.71. The van der Waals surface area contributed by atoms with Crippen molar-refractivity contribution in [1.82, 2.24) is 10.6 Å². The van der Waals surface area contributed by atoms with Crippen molar-refractivity contribution in [3.05, 3.63) is 23.5 Å². The Labute approximate surface area is 230 Å². The molecule has 0 unspecified atom stereocenters. The predicted octanol–water partition coefficient (Wildman–Crippen LogP) is 3.41. The molecule has 10 heteroatoms. The van der Waals surface area contributed by atoms with Gasteiger partial charge in [0.15, 0.2) is 11.6 Å². The molecular formula is C29H43FN2O7.